The number of halogens is 4. The number of rotatable bonds is 5. The van der Waals surface area contributed by atoms with E-state index in [1.54, 1.807) is 5.32 Å². The van der Waals surface area contributed by atoms with Crippen molar-refractivity contribution in [2.24, 2.45) is 17.3 Å². The van der Waals surface area contributed by atoms with Gasteiger partial charge in [0.25, 0.3) is 5.91 Å². The Morgan fingerprint density at radius 1 is 1.17 bits per heavy atom. The monoisotopic (exact) mass is 411 g/mol. The van der Waals surface area contributed by atoms with Crippen molar-refractivity contribution in [3.63, 3.8) is 0 Å². The van der Waals surface area contributed by atoms with Crippen molar-refractivity contribution in [1.82, 2.24) is 5.32 Å². The van der Waals surface area contributed by atoms with Crippen LogP contribution in [0, 0.1) is 17.3 Å². The topological polar surface area (TPSA) is 55.4 Å². The van der Waals surface area contributed by atoms with Crippen molar-refractivity contribution in [3.05, 3.63) is 0 Å². The Balaban J connectivity index is 1.48. The second kappa shape index (κ2) is 6.18. The first-order valence-corrected chi connectivity index (χ1v) is 9.04. The van der Waals surface area contributed by atoms with Gasteiger partial charge in [-0.25, -0.2) is 0 Å². The molecular weight excluding hydrogens is 391 g/mol. The van der Waals surface area contributed by atoms with Gasteiger partial charge in [0.1, 0.15) is 6.54 Å². The van der Waals surface area contributed by atoms with Gasteiger partial charge in [0, 0.05) is 4.32 Å². The lowest BCUT2D eigenvalue weighted by molar-refractivity contribution is -0.156. The molecular formula is C16H21BrF3NO3. The third-order valence-corrected chi connectivity index (χ3v) is 6.41. The number of nitrogens with one attached hydrogen (secondary N) is 1. The molecule has 24 heavy (non-hydrogen) atoms. The van der Waals surface area contributed by atoms with Crippen LogP contribution in [-0.2, 0) is 14.3 Å². The van der Waals surface area contributed by atoms with Gasteiger partial charge in [-0.15, -0.1) is 0 Å². The lowest BCUT2D eigenvalue weighted by atomic mass is 9.49. The van der Waals surface area contributed by atoms with Gasteiger partial charge in [-0.05, 0) is 55.8 Å². The van der Waals surface area contributed by atoms with Crippen LogP contribution in [-0.4, -0.2) is 35.5 Å². The summed E-state index contributed by atoms with van der Waals surface area (Å²) in [6, 6.07) is 0. The number of alkyl halides is 4. The van der Waals surface area contributed by atoms with E-state index >= 15 is 0 Å². The molecule has 0 aromatic rings. The fourth-order valence-electron chi connectivity index (χ4n) is 5.30. The zero-order chi connectivity index (χ0) is 17.6. The minimum Gasteiger partial charge on any atom is -0.456 e. The van der Waals surface area contributed by atoms with Crippen LogP contribution in [0.1, 0.15) is 44.9 Å². The molecule has 4 nitrogen and oxygen atoms in total. The molecule has 4 aliphatic rings. The van der Waals surface area contributed by atoms with Crippen molar-refractivity contribution in [1.29, 1.82) is 0 Å². The number of esters is 1. The average Bonchev–Trinajstić information content (AvgIpc) is 2.38. The summed E-state index contributed by atoms with van der Waals surface area (Å²) < 4.78 is 41.1. The van der Waals surface area contributed by atoms with E-state index in [4.69, 9.17) is 4.74 Å². The molecule has 4 bridgehead atoms. The quantitative estimate of drug-likeness (QED) is 0.557. The van der Waals surface area contributed by atoms with E-state index in [0.29, 0.717) is 11.8 Å². The molecule has 0 aliphatic heterocycles. The summed E-state index contributed by atoms with van der Waals surface area (Å²) in [7, 11) is 0. The molecule has 4 saturated carbocycles. The molecule has 1 amide bonds. The molecule has 4 fully saturated rings. The Morgan fingerprint density at radius 3 is 2.33 bits per heavy atom. The summed E-state index contributed by atoms with van der Waals surface area (Å²) in [6.45, 7) is -2.07. The van der Waals surface area contributed by atoms with E-state index in [2.05, 4.69) is 15.9 Å². The van der Waals surface area contributed by atoms with Gasteiger partial charge in [0.2, 0.25) is 0 Å². The van der Waals surface area contributed by atoms with Crippen molar-refractivity contribution in [2.45, 2.75) is 55.4 Å². The molecule has 8 heteroatoms. The van der Waals surface area contributed by atoms with Crippen LogP contribution in [0.5, 0.6) is 0 Å². The fourth-order valence-corrected chi connectivity index (χ4v) is 6.81. The first-order valence-electron chi connectivity index (χ1n) is 8.25. The molecule has 0 radical (unpaired) electrons. The second-order valence-corrected chi connectivity index (χ2v) is 9.52. The molecule has 0 heterocycles. The predicted octanol–water partition coefficient (Wildman–Crippen LogP) is 3.33. The summed E-state index contributed by atoms with van der Waals surface area (Å²) in [5.74, 6) is -0.152. The summed E-state index contributed by atoms with van der Waals surface area (Å²) in [6.07, 6.45) is 2.26. The normalized spacial score (nSPS) is 37.3. The van der Waals surface area contributed by atoms with E-state index in [1.807, 2.05) is 0 Å². The largest absolute Gasteiger partial charge is 0.456 e. The third-order valence-electron chi connectivity index (χ3n) is 5.48. The second-order valence-electron chi connectivity index (χ2n) is 7.84. The lowest BCUT2D eigenvalue weighted by Crippen LogP contribution is -2.53. The summed E-state index contributed by atoms with van der Waals surface area (Å²) >= 11 is 3.86. The van der Waals surface area contributed by atoms with Gasteiger partial charge >= 0.3 is 12.1 Å². The van der Waals surface area contributed by atoms with Crippen molar-refractivity contribution < 1.29 is 27.5 Å². The molecule has 0 spiro atoms. The third kappa shape index (κ3) is 4.24. The average molecular weight is 412 g/mol. The highest BCUT2D eigenvalue weighted by Gasteiger charge is 2.57. The number of ether oxygens (including phenoxy) is 1. The Kier molecular flexibility index (Phi) is 4.64. The Hall–Kier alpha value is -0.790. The smallest absolute Gasteiger partial charge is 0.405 e. The molecule has 4 rings (SSSR count). The minimum atomic E-state index is -4.47. The lowest BCUT2D eigenvalue weighted by Gasteiger charge is -2.60. The molecule has 4 aliphatic carbocycles. The number of hydrogen-bond acceptors (Lipinski definition) is 3. The van der Waals surface area contributed by atoms with Crippen molar-refractivity contribution in [3.8, 4) is 0 Å². The van der Waals surface area contributed by atoms with Gasteiger partial charge in [-0.2, -0.15) is 13.2 Å². The van der Waals surface area contributed by atoms with Crippen molar-refractivity contribution >= 4 is 27.8 Å². The highest BCUT2D eigenvalue weighted by Crippen LogP contribution is 2.65. The van der Waals surface area contributed by atoms with Gasteiger partial charge in [0.15, 0.2) is 6.61 Å². The van der Waals surface area contributed by atoms with Crippen LogP contribution < -0.4 is 5.32 Å². The SMILES string of the molecule is O=C(COC(=O)CC12CC3CC(CC(Br)(C3)C1)C2)NCC(F)(F)F. The van der Waals surface area contributed by atoms with Crippen LogP contribution in [0.25, 0.3) is 0 Å². The van der Waals surface area contributed by atoms with E-state index in [1.165, 1.54) is 6.42 Å². The predicted molar refractivity (Wildman–Crippen MR) is 83.4 cm³/mol. The van der Waals surface area contributed by atoms with Crippen LogP contribution in [0.2, 0.25) is 0 Å². The molecule has 2 atom stereocenters. The zero-order valence-corrected chi connectivity index (χ0v) is 14.8. The van der Waals surface area contributed by atoms with Gasteiger partial charge in [0.05, 0.1) is 6.42 Å². The molecule has 1 N–H and O–H groups in total. The van der Waals surface area contributed by atoms with Gasteiger partial charge in [-0.1, -0.05) is 15.9 Å². The first kappa shape index (κ1) is 18.0. The zero-order valence-electron chi connectivity index (χ0n) is 13.3. The molecule has 136 valence electrons. The summed E-state index contributed by atoms with van der Waals surface area (Å²) in [5.41, 5.74) is -0.0763. The van der Waals surface area contributed by atoms with Gasteiger partial charge < -0.3 is 10.1 Å². The maximum Gasteiger partial charge on any atom is 0.405 e. The van der Waals surface area contributed by atoms with Crippen LogP contribution in [0.15, 0.2) is 0 Å². The number of carbonyl (C=O) groups is 2. The Labute approximate surface area is 147 Å². The van der Waals surface area contributed by atoms with Crippen LogP contribution >= 0.6 is 15.9 Å². The fraction of sp³-hybridized carbons (Fsp3) is 0.875. The summed E-state index contributed by atoms with van der Waals surface area (Å²) in [5, 5.41) is 1.69. The van der Waals surface area contributed by atoms with Gasteiger partial charge in [-0.3, -0.25) is 9.59 Å². The maximum absolute atomic E-state index is 12.1. The Bertz CT molecular complexity index is 523. The van der Waals surface area contributed by atoms with E-state index < -0.39 is 31.2 Å². The highest BCUT2D eigenvalue weighted by molar-refractivity contribution is 9.10. The van der Waals surface area contributed by atoms with E-state index in [9.17, 15) is 22.8 Å². The minimum absolute atomic E-state index is 0.0763. The maximum atomic E-state index is 12.1. The molecule has 2 unspecified atom stereocenters. The first-order chi connectivity index (χ1) is 11.1. The van der Waals surface area contributed by atoms with Crippen LogP contribution in [0.4, 0.5) is 13.2 Å². The number of hydrogen-bond donors (Lipinski definition) is 1. The molecule has 0 aromatic carbocycles. The van der Waals surface area contributed by atoms with E-state index in [0.717, 1.165) is 32.1 Å². The highest BCUT2D eigenvalue weighted by atomic mass is 79.9. The van der Waals surface area contributed by atoms with Crippen LogP contribution in [0.3, 0.4) is 0 Å². The molecule has 0 saturated heterocycles. The standard InChI is InChI=1S/C16H21BrF3NO3/c17-15-4-10-1-11(5-15)3-14(2-10,8-15)6-13(23)24-7-12(22)21-9-16(18,19)20/h10-11H,1-9H2,(H,21,22). The molecule has 0 aromatic heterocycles. The van der Waals surface area contributed by atoms with Crippen molar-refractivity contribution in [2.75, 3.05) is 13.2 Å². The number of carbonyl (C=O) groups excluding carboxylic acids is 2. The Morgan fingerprint density at radius 2 is 1.79 bits per heavy atom. The summed E-state index contributed by atoms with van der Waals surface area (Å²) in [4.78, 5) is 23.4. The van der Waals surface area contributed by atoms with E-state index in [-0.39, 0.29) is 16.2 Å². The number of amides is 1.